The van der Waals surface area contributed by atoms with Crippen LogP contribution in [-0.2, 0) is 25.5 Å². The van der Waals surface area contributed by atoms with Gasteiger partial charge in [0.05, 0.1) is 7.11 Å². The van der Waals surface area contributed by atoms with Crippen LogP contribution in [0.25, 0.3) is 0 Å². The minimum absolute atomic E-state index is 0.274. The third kappa shape index (κ3) is 6.05. The molecule has 0 spiro atoms. The molecule has 0 amide bonds. The van der Waals surface area contributed by atoms with Crippen molar-refractivity contribution in [2.75, 3.05) is 13.7 Å². The molecule has 27 heavy (non-hydrogen) atoms. The highest BCUT2D eigenvalue weighted by atomic mass is 16.6. The molecule has 0 fully saturated rings. The molecule has 2 aromatic rings. The van der Waals surface area contributed by atoms with Crippen molar-refractivity contribution in [2.24, 2.45) is 0 Å². The van der Waals surface area contributed by atoms with E-state index in [0.717, 1.165) is 5.56 Å². The molecule has 0 radical (unpaired) electrons. The van der Waals surface area contributed by atoms with Crippen LogP contribution in [0.4, 0.5) is 0 Å². The fourth-order valence-electron chi connectivity index (χ4n) is 2.42. The fraction of sp³-hybridized carbons (Fsp3) is 0.500. The van der Waals surface area contributed by atoms with Crippen molar-refractivity contribution in [3.05, 3.63) is 35.7 Å². The number of benzene rings is 1. The maximum Gasteiger partial charge on any atom is 0.344 e. The number of carbonyl (C=O) groups excluding carboxylic acids is 2. The van der Waals surface area contributed by atoms with E-state index in [2.05, 4.69) is 15.5 Å². The predicted octanol–water partition coefficient (Wildman–Crippen LogP) is 1.66. The summed E-state index contributed by atoms with van der Waals surface area (Å²) in [4.78, 5) is 24.5. The second-order valence-corrected chi connectivity index (χ2v) is 6.94. The van der Waals surface area contributed by atoms with Crippen molar-refractivity contribution >= 4 is 11.9 Å². The monoisotopic (exact) mass is 376 g/mol. The predicted molar refractivity (Wildman–Crippen MR) is 95.1 cm³/mol. The Labute approximate surface area is 157 Å². The third-order valence-corrected chi connectivity index (χ3v) is 3.54. The Morgan fingerprint density at radius 1 is 1.26 bits per heavy atom. The number of hydrogen-bond acceptors (Lipinski definition) is 8. The van der Waals surface area contributed by atoms with E-state index in [1.54, 1.807) is 34.8 Å². The third-order valence-electron chi connectivity index (χ3n) is 3.54. The van der Waals surface area contributed by atoms with Gasteiger partial charge in [-0.05, 0) is 55.8 Å². The average molecular weight is 376 g/mol. The van der Waals surface area contributed by atoms with Gasteiger partial charge in [0.25, 0.3) is 0 Å². The van der Waals surface area contributed by atoms with E-state index in [1.165, 1.54) is 4.68 Å². The van der Waals surface area contributed by atoms with Crippen LogP contribution in [0.3, 0.4) is 0 Å². The fourth-order valence-corrected chi connectivity index (χ4v) is 2.42. The van der Waals surface area contributed by atoms with Gasteiger partial charge in [0.15, 0.2) is 12.6 Å². The van der Waals surface area contributed by atoms with Crippen LogP contribution in [0.5, 0.6) is 5.75 Å². The van der Waals surface area contributed by atoms with E-state index in [1.807, 2.05) is 24.3 Å². The molecule has 9 nitrogen and oxygen atoms in total. The van der Waals surface area contributed by atoms with Gasteiger partial charge in [0, 0.05) is 6.42 Å². The number of esters is 2. The zero-order chi connectivity index (χ0) is 20.0. The number of nitrogens with zero attached hydrogens (tertiary/aromatic N) is 4. The summed E-state index contributed by atoms with van der Waals surface area (Å²) in [6.45, 7) is 6.42. The number of carbonyl (C=O) groups is 2. The smallest absolute Gasteiger partial charge is 0.344 e. The van der Waals surface area contributed by atoms with Gasteiger partial charge in [-0.1, -0.05) is 12.1 Å². The summed E-state index contributed by atoms with van der Waals surface area (Å²) in [5.41, 5.74) is 0.180. The quantitative estimate of drug-likeness (QED) is 0.672. The lowest BCUT2D eigenvalue weighted by molar-refractivity contribution is -0.168. The van der Waals surface area contributed by atoms with Gasteiger partial charge in [-0.3, -0.25) is 0 Å². The second-order valence-electron chi connectivity index (χ2n) is 6.94. The lowest BCUT2D eigenvalue weighted by Crippen LogP contribution is -2.31. The summed E-state index contributed by atoms with van der Waals surface area (Å²) in [6.07, 6.45) is 0.274. The Balaban J connectivity index is 2.14. The molecule has 0 saturated carbocycles. The zero-order valence-corrected chi connectivity index (χ0v) is 16.1. The summed E-state index contributed by atoms with van der Waals surface area (Å²) < 4.78 is 16.9. The largest absolute Gasteiger partial charge is 0.497 e. The summed E-state index contributed by atoms with van der Waals surface area (Å²) in [5, 5.41) is 11.3. The first-order valence-electron chi connectivity index (χ1n) is 8.45. The van der Waals surface area contributed by atoms with E-state index < -0.39 is 30.2 Å². The summed E-state index contributed by atoms with van der Waals surface area (Å²) in [6, 6.07) is 6.48. The van der Waals surface area contributed by atoms with Crippen LogP contribution in [0.2, 0.25) is 0 Å². The molecule has 0 bridgehead atoms. The molecular formula is C18H24N4O5. The highest BCUT2D eigenvalue weighted by Gasteiger charge is 2.27. The van der Waals surface area contributed by atoms with Gasteiger partial charge in [-0.25, -0.2) is 14.3 Å². The van der Waals surface area contributed by atoms with Crippen molar-refractivity contribution < 1.29 is 23.8 Å². The van der Waals surface area contributed by atoms with Crippen LogP contribution in [0.1, 0.15) is 38.2 Å². The molecule has 0 saturated heterocycles. The minimum Gasteiger partial charge on any atom is -0.497 e. The van der Waals surface area contributed by atoms with Gasteiger partial charge in [-0.15, -0.1) is 5.10 Å². The standard InChI is InChI=1S/C18H24N4O5/c1-12-19-20-21-22(12)15(10-13-7-6-8-14(9-13)25-5)17(24)26-11-16(23)27-18(2,3)4/h6-9,15H,10-11H2,1-5H3/t15-/m0/s1. The summed E-state index contributed by atoms with van der Waals surface area (Å²) in [7, 11) is 1.57. The highest BCUT2D eigenvalue weighted by molar-refractivity contribution is 5.79. The van der Waals surface area contributed by atoms with E-state index >= 15 is 0 Å². The number of rotatable bonds is 7. The van der Waals surface area contributed by atoms with Gasteiger partial charge >= 0.3 is 11.9 Å². The van der Waals surface area contributed by atoms with Crippen molar-refractivity contribution in [2.45, 2.75) is 45.8 Å². The van der Waals surface area contributed by atoms with Crippen molar-refractivity contribution in [3.63, 3.8) is 0 Å². The molecule has 2 rings (SSSR count). The number of tetrazole rings is 1. The number of ether oxygens (including phenoxy) is 3. The van der Waals surface area contributed by atoms with Gasteiger partial charge in [0.2, 0.25) is 0 Å². The Kier molecular flexibility index (Phi) is 6.49. The number of hydrogen-bond donors (Lipinski definition) is 0. The topological polar surface area (TPSA) is 105 Å². The molecule has 1 aromatic heterocycles. The van der Waals surface area contributed by atoms with Crippen LogP contribution < -0.4 is 4.74 Å². The molecule has 0 N–H and O–H groups in total. The molecule has 0 unspecified atom stereocenters. The van der Waals surface area contributed by atoms with E-state index in [4.69, 9.17) is 14.2 Å². The summed E-state index contributed by atoms with van der Waals surface area (Å²) in [5.74, 6) is -0.123. The van der Waals surface area contributed by atoms with E-state index in [0.29, 0.717) is 11.6 Å². The number of aryl methyl sites for hydroxylation is 1. The Morgan fingerprint density at radius 3 is 2.59 bits per heavy atom. The maximum atomic E-state index is 12.6. The van der Waals surface area contributed by atoms with E-state index in [-0.39, 0.29) is 6.42 Å². The van der Waals surface area contributed by atoms with Gasteiger partial charge < -0.3 is 14.2 Å². The first-order valence-corrected chi connectivity index (χ1v) is 8.45. The Morgan fingerprint density at radius 2 is 2.00 bits per heavy atom. The van der Waals surface area contributed by atoms with Crippen molar-refractivity contribution in [3.8, 4) is 5.75 Å². The average Bonchev–Trinajstić information content (AvgIpc) is 3.02. The van der Waals surface area contributed by atoms with Crippen LogP contribution in [0.15, 0.2) is 24.3 Å². The SMILES string of the molecule is COc1cccc(C[C@@H](C(=O)OCC(=O)OC(C)(C)C)n2nnnc2C)c1. The van der Waals surface area contributed by atoms with Crippen LogP contribution in [-0.4, -0.2) is 51.5 Å². The molecule has 1 aromatic carbocycles. The highest BCUT2D eigenvalue weighted by Crippen LogP contribution is 2.20. The first-order chi connectivity index (χ1) is 12.7. The van der Waals surface area contributed by atoms with Crippen molar-refractivity contribution in [1.82, 2.24) is 20.2 Å². The number of methoxy groups -OCH3 is 1. The van der Waals surface area contributed by atoms with E-state index in [9.17, 15) is 9.59 Å². The van der Waals surface area contributed by atoms with Crippen molar-refractivity contribution in [1.29, 1.82) is 0 Å². The lowest BCUT2D eigenvalue weighted by atomic mass is 10.1. The van der Waals surface area contributed by atoms with Gasteiger partial charge in [-0.2, -0.15) is 0 Å². The number of aromatic nitrogens is 4. The maximum absolute atomic E-state index is 12.6. The first kappa shape index (κ1) is 20.3. The van der Waals surface area contributed by atoms with Gasteiger partial charge in [0.1, 0.15) is 17.2 Å². The lowest BCUT2D eigenvalue weighted by Gasteiger charge is -2.20. The van der Waals surface area contributed by atoms with Crippen LogP contribution >= 0.6 is 0 Å². The summed E-state index contributed by atoms with van der Waals surface area (Å²) >= 11 is 0. The molecule has 0 aliphatic rings. The Hall–Kier alpha value is -2.97. The molecule has 146 valence electrons. The zero-order valence-electron chi connectivity index (χ0n) is 16.1. The molecule has 0 aliphatic heterocycles. The minimum atomic E-state index is -0.824. The molecule has 9 heteroatoms. The van der Waals surface area contributed by atoms with Crippen LogP contribution in [0, 0.1) is 6.92 Å². The normalized spacial score (nSPS) is 12.3. The molecular weight excluding hydrogens is 352 g/mol. The molecule has 0 aliphatic carbocycles. The second kappa shape index (κ2) is 8.61. The molecule has 1 heterocycles. The Bertz CT molecular complexity index is 797. The molecule has 1 atom stereocenters.